The molecule has 2 heteroatoms. The van der Waals surface area contributed by atoms with Gasteiger partial charge in [-0.2, -0.15) is 5.26 Å². The van der Waals surface area contributed by atoms with Crippen LogP contribution in [0.2, 0.25) is 0 Å². The second-order valence-corrected chi connectivity index (χ2v) is 5.57. The third-order valence-corrected chi connectivity index (χ3v) is 3.98. The molecule has 1 aliphatic carbocycles. The van der Waals surface area contributed by atoms with E-state index in [0.29, 0.717) is 0 Å². The van der Waals surface area contributed by atoms with Gasteiger partial charge in [0, 0.05) is 6.54 Å². The van der Waals surface area contributed by atoms with Crippen molar-refractivity contribution >= 4 is 0 Å². The Hall–Kier alpha value is -1.33. The smallest absolute Gasteiger partial charge is 0.0991 e. The predicted molar refractivity (Wildman–Crippen MR) is 74.0 cm³/mol. The first-order chi connectivity index (χ1) is 8.78. The van der Waals surface area contributed by atoms with Gasteiger partial charge in [0.2, 0.25) is 0 Å². The van der Waals surface area contributed by atoms with Crippen LogP contribution in [0.15, 0.2) is 24.3 Å². The van der Waals surface area contributed by atoms with E-state index in [1.54, 1.807) is 0 Å². The molecule has 0 heterocycles. The minimum absolute atomic E-state index is 0.736. The van der Waals surface area contributed by atoms with Crippen LogP contribution in [0, 0.1) is 23.2 Å². The molecular weight excluding hydrogens is 220 g/mol. The molecular formula is C16H22N2. The van der Waals surface area contributed by atoms with E-state index in [0.717, 1.165) is 30.5 Å². The lowest BCUT2D eigenvalue weighted by Gasteiger charge is -2.26. The van der Waals surface area contributed by atoms with Crippen LogP contribution in [-0.2, 0) is 6.54 Å². The number of rotatable bonds is 4. The molecule has 18 heavy (non-hydrogen) atoms. The molecule has 0 atom stereocenters. The summed E-state index contributed by atoms with van der Waals surface area (Å²) in [4.78, 5) is 0. The minimum Gasteiger partial charge on any atom is -0.312 e. The normalized spacial score (nSPS) is 23.6. The summed E-state index contributed by atoms with van der Waals surface area (Å²) in [6.45, 7) is 4.41. The number of hydrogen-bond acceptors (Lipinski definition) is 2. The lowest BCUT2D eigenvalue weighted by atomic mass is 9.83. The first-order valence-electron chi connectivity index (χ1n) is 6.97. The number of nitrogens with one attached hydrogen (secondary N) is 1. The Bertz CT molecular complexity index is 394. The third kappa shape index (κ3) is 3.85. The van der Waals surface area contributed by atoms with Gasteiger partial charge in [0.05, 0.1) is 11.6 Å². The molecule has 0 aromatic heterocycles. The summed E-state index contributed by atoms with van der Waals surface area (Å²) in [6, 6.07) is 9.99. The van der Waals surface area contributed by atoms with E-state index in [1.807, 2.05) is 24.3 Å². The van der Waals surface area contributed by atoms with E-state index in [2.05, 4.69) is 18.3 Å². The molecule has 1 aliphatic rings. The molecule has 2 nitrogen and oxygen atoms in total. The highest BCUT2D eigenvalue weighted by Gasteiger charge is 2.17. The highest BCUT2D eigenvalue weighted by Crippen LogP contribution is 2.27. The quantitative estimate of drug-likeness (QED) is 0.877. The molecule has 0 spiro atoms. The van der Waals surface area contributed by atoms with Crippen LogP contribution >= 0.6 is 0 Å². The van der Waals surface area contributed by atoms with Gasteiger partial charge < -0.3 is 5.32 Å². The average Bonchev–Trinajstić information content (AvgIpc) is 2.42. The largest absolute Gasteiger partial charge is 0.312 e. The predicted octanol–water partition coefficient (Wildman–Crippen LogP) is 3.47. The molecule has 0 amide bonds. The molecule has 0 bridgehead atoms. The maximum absolute atomic E-state index is 8.73. The van der Waals surface area contributed by atoms with Crippen molar-refractivity contribution < 1.29 is 0 Å². The molecule has 96 valence electrons. The monoisotopic (exact) mass is 242 g/mol. The number of nitriles is 1. The molecule has 0 saturated heterocycles. The molecule has 1 fully saturated rings. The SMILES string of the molecule is CC1CCC(CNCc2ccc(C#N)cc2)CC1. The van der Waals surface area contributed by atoms with Crippen molar-refractivity contribution in [3.05, 3.63) is 35.4 Å². The molecule has 0 radical (unpaired) electrons. The van der Waals surface area contributed by atoms with E-state index >= 15 is 0 Å². The van der Waals surface area contributed by atoms with Gasteiger partial charge in [-0.3, -0.25) is 0 Å². The standard InChI is InChI=1S/C16H22N2/c1-13-2-4-15(5-3-13)11-18-12-16-8-6-14(10-17)7-9-16/h6-9,13,15,18H,2-5,11-12H2,1H3. The summed E-state index contributed by atoms with van der Waals surface area (Å²) in [5.41, 5.74) is 2.00. The Morgan fingerprint density at radius 1 is 1.17 bits per heavy atom. The molecule has 0 aliphatic heterocycles. The lowest BCUT2D eigenvalue weighted by Crippen LogP contribution is -2.25. The Morgan fingerprint density at radius 2 is 1.83 bits per heavy atom. The van der Waals surface area contributed by atoms with Crippen molar-refractivity contribution in [2.75, 3.05) is 6.54 Å². The van der Waals surface area contributed by atoms with Crippen LogP contribution in [0.1, 0.15) is 43.7 Å². The van der Waals surface area contributed by atoms with Crippen LogP contribution in [0.5, 0.6) is 0 Å². The van der Waals surface area contributed by atoms with E-state index in [1.165, 1.54) is 31.2 Å². The van der Waals surface area contributed by atoms with Gasteiger partial charge in [0.15, 0.2) is 0 Å². The van der Waals surface area contributed by atoms with Gasteiger partial charge in [-0.1, -0.05) is 31.9 Å². The van der Waals surface area contributed by atoms with Gasteiger partial charge in [0.25, 0.3) is 0 Å². The van der Waals surface area contributed by atoms with Gasteiger partial charge >= 0.3 is 0 Å². The van der Waals surface area contributed by atoms with Crippen LogP contribution in [-0.4, -0.2) is 6.54 Å². The number of nitrogens with zero attached hydrogens (tertiary/aromatic N) is 1. The molecule has 1 saturated carbocycles. The summed E-state index contributed by atoms with van der Waals surface area (Å²) in [7, 11) is 0. The molecule has 1 aromatic carbocycles. The summed E-state index contributed by atoms with van der Waals surface area (Å²) < 4.78 is 0. The fraction of sp³-hybridized carbons (Fsp3) is 0.562. The van der Waals surface area contributed by atoms with E-state index < -0.39 is 0 Å². The summed E-state index contributed by atoms with van der Waals surface area (Å²) in [5, 5.41) is 12.3. The van der Waals surface area contributed by atoms with Crippen LogP contribution < -0.4 is 5.32 Å². The van der Waals surface area contributed by atoms with Crippen LogP contribution in [0.25, 0.3) is 0 Å². The Kier molecular flexibility index (Phi) is 4.78. The minimum atomic E-state index is 0.736. The van der Waals surface area contributed by atoms with Crippen molar-refractivity contribution in [3.8, 4) is 6.07 Å². The lowest BCUT2D eigenvalue weighted by molar-refractivity contribution is 0.281. The van der Waals surface area contributed by atoms with Crippen molar-refractivity contribution in [3.63, 3.8) is 0 Å². The fourth-order valence-corrected chi connectivity index (χ4v) is 2.65. The van der Waals surface area contributed by atoms with Gasteiger partial charge in [-0.25, -0.2) is 0 Å². The van der Waals surface area contributed by atoms with E-state index in [-0.39, 0.29) is 0 Å². The summed E-state index contributed by atoms with van der Waals surface area (Å²) in [5.74, 6) is 1.79. The zero-order valence-electron chi connectivity index (χ0n) is 11.2. The number of benzene rings is 1. The van der Waals surface area contributed by atoms with Crippen molar-refractivity contribution in [2.24, 2.45) is 11.8 Å². The molecule has 1 N–H and O–H groups in total. The Labute approximate surface area is 110 Å². The maximum atomic E-state index is 8.73. The number of hydrogen-bond donors (Lipinski definition) is 1. The Morgan fingerprint density at radius 3 is 2.44 bits per heavy atom. The zero-order chi connectivity index (χ0) is 12.8. The summed E-state index contributed by atoms with van der Waals surface area (Å²) in [6.07, 6.45) is 5.54. The molecule has 0 unspecified atom stereocenters. The second kappa shape index (κ2) is 6.56. The van der Waals surface area contributed by atoms with Crippen molar-refractivity contribution in [1.29, 1.82) is 5.26 Å². The summed E-state index contributed by atoms with van der Waals surface area (Å²) >= 11 is 0. The topological polar surface area (TPSA) is 35.8 Å². The highest BCUT2D eigenvalue weighted by atomic mass is 14.9. The van der Waals surface area contributed by atoms with Gasteiger partial charge in [-0.05, 0) is 48.9 Å². The highest BCUT2D eigenvalue weighted by molar-refractivity contribution is 5.31. The third-order valence-electron chi connectivity index (χ3n) is 3.98. The average molecular weight is 242 g/mol. The first-order valence-corrected chi connectivity index (χ1v) is 6.97. The Balaban J connectivity index is 1.70. The zero-order valence-corrected chi connectivity index (χ0v) is 11.2. The first kappa shape index (κ1) is 13.1. The molecule has 1 aromatic rings. The van der Waals surface area contributed by atoms with E-state index in [4.69, 9.17) is 5.26 Å². The van der Waals surface area contributed by atoms with Crippen molar-refractivity contribution in [2.45, 2.75) is 39.2 Å². The maximum Gasteiger partial charge on any atom is 0.0991 e. The van der Waals surface area contributed by atoms with Crippen LogP contribution in [0.3, 0.4) is 0 Å². The van der Waals surface area contributed by atoms with Gasteiger partial charge in [0.1, 0.15) is 0 Å². The van der Waals surface area contributed by atoms with Crippen molar-refractivity contribution in [1.82, 2.24) is 5.32 Å². The second-order valence-electron chi connectivity index (χ2n) is 5.57. The van der Waals surface area contributed by atoms with Gasteiger partial charge in [-0.15, -0.1) is 0 Å². The van der Waals surface area contributed by atoms with E-state index in [9.17, 15) is 0 Å². The molecule has 2 rings (SSSR count). The van der Waals surface area contributed by atoms with Crippen LogP contribution in [0.4, 0.5) is 0 Å². The fourth-order valence-electron chi connectivity index (χ4n) is 2.65.